The van der Waals surface area contributed by atoms with Crippen molar-refractivity contribution in [3.8, 4) is 0 Å². The molecule has 5 atom stereocenters. The largest absolute Gasteiger partial charge is 0.465 e. The van der Waals surface area contributed by atoms with Crippen LogP contribution in [0.1, 0.15) is 57.2 Å². The molecule has 1 aromatic rings. The molecule has 6 heteroatoms. The Bertz CT molecular complexity index is 917. The third-order valence-electron chi connectivity index (χ3n) is 7.30. The number of ketones is 1. The molecule has 1 aromatic carbocycles. The highest BCUT2D eigenvalue weighted by Gasteiger charge is 2.77. The predicted molar refractivity (Wildman–Crippen MR) is 88.7 cm³/mol. The molecule has 3 aliphatic carbocycles. The molecule has 2 heterocycles. The highest BCUT2D eigenvalue weighted by atomic mass is 16.6. The third-order valence-corrected chi connectivity index (χ3v) is 7.30. The van der Waals surface area contributed by atoms with Gasteiger partial charge in [0.2, 0.25) is 0 Å². The van der Waals surface area contributed by atoms with E-state index in [2.05, 4.69) is 0 Å². The van der Waals surface area contributed by atoms with Gasteiger partial charge in [-0.3, -0.25) is 9.59 Å². The van der Waals surface area contributed by atoms with Gasteiger partial charge in [-0.2, -0.15) is 0 Å². The molecule has 6 rings (SSSR count). The Hall–Kier alpha value is -2.21. The van der Waals surface area contributed by atoms with Crippen LogP contribution < -0.4 is 0 Å². The van der Waals surface area contributed by atoms with Crippen LogP contribution in [0.15, 0.2) is 6.07 Å². The summed E-state index contributed by atoms with van der Waals surface area (Å²) in [4.78, 5) is 38.3. The van der Waals surface area contributed by atoms with Crippen LogP contribution >= 0.6 is 0 Å². The molecule has 1 N–H and O–H groups in total. The molecular weight excluding hydrogens is 336 g/mol. The summed E-state index contributed by atoms with van der Waals surface area (Å²) < 4.78 is 10.5. The first kappa shape index (κ1) is 16.0. The number of fused-ring (bicyclic) bond motifs is 2. The zero-order valence-electron chi connectivity index (χ0n) is 14.9. The Morgan fingerprint density at radius 1 is 1.38 bits per heavy atom. The lowest BCUT2D eigenvalue weighted by atomic mass is 9.47. The highest BCUT2D eigenvalue weighted by Crippen LogP contribution is 2.69. The van der Waals surface area contributed by atoms with E-state index >= 15 is 0 Å². The molecule has 1 saturated carbocycles. The van der Waals surface area contributed by atoms with Gasteiger partial charge in [0.05, 0.1) is 12.7 Å². The number of hydrogen-bond acceptors (Lipinski definition) is 6. The van der Waals surface area contributed by atoms with E-state index in [1.54, 1.807) is 6.07 Å². The van der Waals surface area contributed by atoms with Gasteiger partial charge < -0.3 is 14.6 Å². The van der Waals surface area contributed by atoms with E-state index in [1.165, 1.54) is 7.11 Å². The number of hydrogen-bond donors (Lipinski definition) is 1. The van der Waals surface area contributed by atoms with Crippen LogP contribution in [0.3, 0.4) is 0 Å². The van der Waals surface area contributed by atoms with Gasteiger partial charge in [-0.05, 0) is 42.9 Å². The van der Waals surface area contributed by atoms with Gasteiger partial charge in [-0.1, -0.05) is 6.92 Å². The van der Waals surface area contributed by atoms with E-state index in [1.807, 2.05) is 13.8 Å². The average Bonchev–Trinajstić information content (AvgIpc) is 2.92. The number of rotatable bonds is 1. The van der Waals surface area contributed by atoms with Gasteiger partial charge in [0.15, 0.2) is 5.78 Å². The Labute approximate surface area is 150 Å². The van der Waals surface area contributed by atoms with Gasteiger partial charge in [0.1, 0.15) is 17.1 Å². The number of Topliss-reactive ketones (excluding diaryl/α,β-unsaturated/α-hetero) is 1. The number of ether oxygens (including phenoxy) is 2. The Balaban J connectivity index is 1.90. The minimum Gasteiger partial charge on any atom is -0.465 e. The third kappa shape index (κ3) is 1.41. The van der Waals surface area contributed by atoms with Crippen molar-refractivity contribution in [2.45, 2.75) is 44.8 Å². The molecule has 0 aromatic heterocycles. The van der Waals surface area contributed by atoms with Crippen LogP contribution in [-0.2, 0) is 26.3 Å². The van der Waals surface area contributed by atoms with Crippen molar-refractivity contribution in [2.75, 3.05) is 7.11 Å². The number of esters is 2. The van der Waals surface area contributed by atoms with Crippen molar-refractivity contribution in [1.29, 1.82) is 0 Å². The quantitative estimate of drug-likeness (QED) is 0.770. The number of carbonyl (C=O) groups excluding carboxylic acids is 3. The normalized spacial score (nSPS) is 38.8. The lowest BCUT2D eigenvalue weighted by molar-refractivity contribution is -0.270. The van der Waals surface area contributed by atoms with Crippen LogP contribution in [0.5, 0.6) is 0 Å². The lowest BCUT2D eigenvalue weighted by Crippen LogP contribution is -2.71. The summed E-state index contributed by atoms with van der Waals surface area (Å²) >= 11 is 0. The molecular formula is C20H20O6. The maximum absolute atomic E-state index is 13.2. The molecule has 0 unspecified atom stereocenters. The van der Waals surface area contributed by atoms with E-state index in [0.717, 1.165) is 11.1 Å². The monoisotopic (exact) mass is 356 g/mol. The molecule has 5 aliphatic rings. The number of methoxy groups -OCH3 is 1. The average molecular weight is 356 g/mol. The Morgan fingerprint density at radius 3 is 2.77 bits per heavy atom. The second kappa shape index (κ2) is 4.55. The summed E-state index contributed by atoms with van der Waals surface area (Å²) in [6.07, 6.45) is 0.704. The van der Waals surface area contributed by atoms with Crippen LogP contribution in [0, 0.1) is 24.2 Å². The summed E-state index contributed by atoms with van der Waals surface area (Å²) in [5, 5.41) is 12.0. The van der Waals surface area contributed by atoms with E-state index in [-0.39, 0.29) is 41.3 Å². The second-order valence-electron chi connectivity index (χ2n) is 8.19. The minimum atomic E-state index is -1.46. The minimum absolute atomic E-state index is 0.133. The number of aliphatic hydroxyl groups is 1. The number of aryl methyl sites for hydroxylation is 1. The van der Waals surface area contributed by atoms with E-state index in [0.29, 0.717) is 18.4 Å². The fourth-order valence-electron chi connectivity index (χ4n) is 6.15. The van der Waals surface area contributed by atoms with Crippen molar-refractivity contribution in [2.24, 2.45) is 17.3 Å². The van der Waals surface area contributed by atoms with Crippen LogP contribution in [0.4, 0.5) is 0 Å². The fraction of sp³-hybridized carbons (Fsp3) is 0.550. The first-order valence-corrected chi connectivity index (χ1v) is 8.99. The van der Waals surface area contributed by atoms with Gasteiger partial charge in [-0.15, -0.1) is 0 Å². The molecule has 6 nitrogen and oxygen atoms in total. The molecule has 136 valence electrons. The van der Waals surface area contributed by atoms with Crippen molar-refractivity contribution < 1.29 is 29.0 Å². The summed E-state index contributed by atoms with van der Waals surface area (Å²) in [6.45, 7) is 3.78. The molecule has 3 fully saturated rings. The maximum atomic E-state index is 13.2. The molecule has 2 aliphatic heterocycles. The second-order valence-corrected chi connectivity index (χ2v) is 8.19. The summed E-state index contributed by atoms with van der Waals surface area (Å²) in [5.41, 5.74) is -0.125. The zero-order valence-corrected chi connectivity index (χ0v) is 14.9. The molecule has 26 heavy (non-hydrogen) atoms. The van der Waals surface area contributed by atoms with Crippen molar-refractivity contribution in [3.05, 3.63) is 33.9 Å². The number of carbonyl (C=O) groups is 3. The van der Waals surface area contributed by atoms with Gasteiger partial charge in [0, 0.05) is 23.5 Å². The SMILES string of the molecule is COC(=O)c1cc(C)c2c3c1C(=O)C[C@@]14C(=O)O[C@@H](C[C@H]1C)[C@@H](C2)[C@@]34O. The van der Waals surface area contributed by atoms with Crippen LogP contribution in [0.25, 0.3) is 0 Å². The smallest absolute Gasteiger partial charge is 0.338 e. The van der Waals surface area contributed by atoms with E-state index in [9.17, 15) is 19.5 Å². The molecule has 0 amide bonds. The first-order valence-electron chi connectivity index (χ1n) is 8.99. The maximum Gasteiger partial charge on any atom is 0.338 e. The lowest BCUT2D eigenvalue weighted by Gasteiger charge is -2.61. The van der Waals surface area contributed by atoms with Gasteiger partial charge in [-0.25, -0.2) is 4.79 Å². The van der Waals surface area contributed by atoms with Crippen LogP contribution in [-0.4, -0.2) is 36.0 Å². The van der Waals surface area contributed by atoms with Gasteiger partial charge >= 0.3 is 11.9 Å². The predicted octanol–water partition coefficient (Wildman–Crippen LogP) is 1.68. The fourth-order valence-corrected chi connectivity index (χ4v) is 6.15. The van der Waals surface area contributed by atoms with E-state index in [4.69, 9.17) is 9.47 Å². The summed E-state index contributed by atoms with van der Waals surface area (Å²) in [7, 11) is 1.27. The van der Waals surface area contributed by atoms with E-state index < -0.39 is 23.0 Å². The van der Waals surface area contributed by atoms with Crippen LogP contribution in [0.2, 0.25) is 0 Å². The van der Waals surface area contributed by atoms with Crippen molar-refractivity contribution in [1.82, 2.24) is 0 Å². The highest BCUT2D eigenvalue weighted by molar-refractivity contribution is 6.11. The molecule has 2 bridgehead atoms. The number of benzene rings is 1. The Morgan fingerprint density at radius 2 is 2.12 bits per heavy atom. The molecule has 2 saturated heterocycles. The standard InChI is InChI=1S/C20H20O6/c1-8-4-11(17(22)25-3)15-13(21)7-19-9(2)5-14(26-18(19)23)12-6-10(8)16(15)20(12,19)24/h4,9,12,14,24H,5-7H2,1-3H3/t9-,12-,14+,19+,20-/m1/s1. The Kier molecular flexibility index (Phi) is 2.80. The molecule has 0 radical (unpaired) electrons. The molecule has 1 spiro atoms. The first-order chi connectivity index (χ1) is 12.3. The van der Waals surface area contributed by atoms with Crippen molar-refractivity contribution >= 4 is 17.7 Å². The summed E-state index contributed by atoms with van der Waals surface area (Å²) in [6, 6.07) is 1.67. The van der Waals surface area contributed by atoms with Gasteiger partial charge in [0.25, 0.3) is 0 Å². The zero-order chi connectivity index (χ0) is 18.6. The summed E-state index contributed by atoms with van der Waals surface area (Å²) in [5.74, 6) is -1.81. The van der Waals surface area contributed by atoms with Crippen molar-refractivity contribution in [3.63, 3.8) is 0 Å². The topological polar surface area (TPSA) is 89.9 Å².